The van der Waals surface area contributed by atoms with Crippen molar-refractivity contribution in [1.29, 1.82) is 5.26 Å². The van der Waals surface area contributed by atoms with Gasteiger partial charge in [0.05, 0.1) is 29.8 Å². The van der Waals surface area contributed by atoms with Gasteiger partial charge in [-0.25, -0.2) is 4.98 Å². The Labute approximate surface area is 204 Å². The van der Waals surface area contributed by atoms with Crippen LogP contribution in [0.25, 0.3) is 22.2 Å². The maximum Gasteiger partial charge on any atom is 0.179 e. The summed E-state index contributed by atoms with van der Waals surface area (Å²) < 4.78 is 10.9. The number of aromatic nitrogens is 5. The second kappa shape index (κ2) is 8.73. The summed E-state index contributed by atoms with van der Waals surface area (Å²) in [6.07, 6.45) is 12.0. The minimum absolute atomic E-state index is 0.189. The number of ether oxygens (including phenoxy) is 1. The molecule has 4 aromatic rings. The zero-order valence-corrected chi connectivity index (χ0v) is 20.1. The van der Waals surface area contributed by atoms with Crippen LogP contribution in [0.2, 0.25) is 0 Å². The van der Waals surface area contributed by atoms with Crippen LogP contribution in [0, 0.1) is 18.4 Å². The molecule has 3 aromatic heterocycles. The smallest absolute Gasteiger partial charge is 0.179 e. The summed E-state index contributed by atoms with van der Waals surface area (Å²) in [5.74, 6) is 0.828. The van der Waals surface area contributed by atoms with Crippen LogP contribution in [0.5, 0.6) is 5.75 Å². The van der Waals surface area contributed by atoms with Gasteiger partial charge in [-0.15, -0.1) is 0 Å². The van der Waals surface area contributed by atoms with Gasteiger partial charge in [-0.3, -0.25) is 9.67 Å². The fraction of sp³-hybridized carbons (Fsp3) is 0.407. The first kappa shape index (κ1) is 21.7. The second-order valence-electron chi connectivity index (χ2n) is 9.65. The molecule has 0 bridgehead atoms. The normalized spacial score (nSPS) is 17.5. The van der Waals surface area contributed by atoms with E-state index >= 15 is 0 Å². The zero-order chi connectivity index (χ0) is 23.9. The fourth-order valence-electron chi connectivity index (χ4n) is 5.16. The molecule has 0 unspecified atom stereocenters. The van der Waals surface area contributed by atoms with Crippen LogP contribution in [0.1, 0.15) is 62.2 Å². The molecule has 8 nitrogen and oxygen atoms in total. The average molecular weight is 468 g/mol. The lowest BCUT2D eigenvalue weighted by Gasteiger charge is -2.29. The fourth-order valence-corrected chi connectivity index (χ4v) is 5.16. The first-order chi connectivity index (χ1) is 17.1. The number of nitriles is 1. The Morgan fingerprint density at radius 1 is 1.09 bits per heavy atom. The standard InChI is InChI=1S/C27H29N7O/c1-18-23(15-31-34(18)22-8-11-32(16-28)12-9-22)20-13-25-27(33(17-30-25)21-6-7-21)26(14-20)35-19(2)24-5-3-4-10-29-24/h3-5,10,13-15,17,19,21-22H,6-9,11-12H2,1-2H3/t19-/m1/s1. The number of pyridine rings is 1. The summed E-state index contributed by atoms with van der Waals surface area (Å²) in [4.78, 5) is 11.1. The van der Waals surface area contributed by atoms with Crippen LogP contribution >= 0.6 is 0 Å². The van der Waals surface area contributed by atoms with Crippen molar-refractivity contribution in [1.82, 2.24) is 29.2 Å². The van der Waals surface area contributed by atoms with E-state index in [9.17, 15) is 5.26 Å². The Balaban J connectivity index is 1.37. The van der Waals surface area contributed by atoms with Gasteiger partial charge in [0.2, 0.25) is 0 Å². The molecule has 1 aromatic carbocycles. The maximum atomic E-state index is 9.17. The zero-order valence-electron chi connectivity index (χ0n) is 20.1. The van der Waals surface area contributed by atoms with Gasteiger partial charge >= 0.3 is 0 Å². The van der Waals surface area contributed by atoms with Gasteiger partial charge in [-0.1, -0.05) is 6.07 Å². The second-order valence-corrected chi connectivity index (χ2v) is 9.65. The van der Waals surface area contributed by atoms with Crippen molar-refractivity contribution in [3.8, 4) is 23.1 Å². The average Bonchev–Trinajstić information content (AvgIpc) is 3.53. The van der Waals surface area contributed by atoms with Crippen LogP contribution in [0.3, 0.4) is 0 Å². The molecule has 0 N–H and O–H groups in total. The van der Waals surface area contributed by atoms with E-state index < -0.39 is 0 Å². The number of hydrogen-bond donors (Lipinski definition) is 0. The number of imidazole rings is 1. The van der Waals surface area contributed by atoms with E-state index in [0.717, 1.165) is 65.2 Å². The minimum Gasteiger partial charge on any atom is -0.482 e. The number of piperidine rings is 1. The van der Waals surface area contributed by atoms with Crippen LogP contribution in [-0.2, 0) is 0 Å². The number of hydrogen-bond acceptors (Lipinski definition) is 6. The highest BCUT2D eigenvalue weighted by Gasteiger charge is 2.28. The van der Waals surface area contributed by atoms with E-state index in [4.69, 9.17) is 14.8 Å². The van der Waals surface area contributed by atoms with Crippen molar-refractivity contribution in [3.63, 3.8) is 0 Å². The Morgan fingerprint density at radius 3 is 2.63 bits per heavy atom. The third kappa shape index (κ3) is 4.01. The molecule has 1 aliphatic carbocycles. The Morgan fingerprint density at radius 2 is 1.91 bits per heavy atom. The van der Waals surface area contributed by atoms with E-state index in [2.05, 4.69) is 39.5 Å². The first-order valence-electron chi connectivity index (χ1n) is 12.4. The summed E-state index contributed by atoms with van der Waals surface area (Å²) in [6, 6.07) is 11.0. The van der Waals surface area contributed by atoms with Gasteiger partial charge in [0.15, 0.2) is 6.19 Å². The highest BCUT2D eigenvalue weighted by atomic mass is 16.5. The molecule has 1 aliphatic heterocycles. The maximum absolute atomic E-state index is 9.17. The third-order valence-corrected chi connectivity index (χ3v) is 7.29. The summed E-state index contributed by atoms with van der Waals surface area (Å²) in [7, 11) is 0. The largest absolute Gasteiger partial charge is 0.482 e. The van der Waals surface area contributed by atoms with Crippen LogP contribution < -0.4 is 4.74 Å². The molecule has 35 heavy (non-hydrogen) atoms. The molecular formula is C27H29N7O. The lowest BCUT2D eigenvalue weighted by molar-refractivity contribution is 0.224. The van der Waals surface area contributed by atoms with Gasteiger partial charge in [-0.05, 0) is 69.4 Å². The third-order valence-electron chi connectivity index (χ3n) is 7.29. The van der Waals surface area contributed by atoms with Crippen LogP contribution in [-0.4, -0.2) is 42.3 Å². The summed E-state index contributed by atoms with van der Waals surface area (Å²) in [6.45, 7) is 5.73. The van der Waals surface area contributed by atoms with Crippen molar-refractivity contribution in [2.24, 2.45) is 0 Å². The molecule has 0 spiro atoms. The monoisotopic (exact) mass is 467 g/mol. The predicted octanol–water partition coefficient (Wildman–Crippen LogP) is 5.20. The Hall–Kier alpha value is -3.86. The number of benzene rings is 1. The van der Waals surface area contributed by atoms with Gasteiger partial charge in [0, 0.05) is 36.6 Å². The van der Waals surface area contributed by atoms with Crippen molar-refractivity contribution in [2.75, 3.05) is 13.1 Å². The SMILES string of the molecule is Cc1c(-c2cc(O[C@H](C)c3ccccn3)c3c(c2)ncn3C2CC2)cnn1C1CCN(C#N)CC1. The molecule has 0 amide bonds. The quantitative estimate of drug-likeness (QED) is 0.363. The van der Waals surface area contributed by atoms with Gasteiger partial charge in [0.25, 0.3) is 0 Å². The van der Waals surface area contributed by atoms with E-state index in [1.165, 1.54) is 12.8 Å². The molecule has 2 aliphatic rings. The topological polar surface area (TPSA) is 84.8 Å². The number of nitrogens with zero attached hydrogens (tertiary/aromatic N) is 7. The van der Waals surface area contributed by atoms with E-state index in [0.29, 0.717) is 12.1 Å². The molecule has 8 heteroatoms. The van der Waals surface area contributed by atoms with E-state index in [1.54, 1.807) is 6.20 Å². The van der Waals surface area contributed by atoms with Gasteiger partial charge in [0.1, 0.15) is 17.4 Å². The van der Waals surface area contributed by atoms with E-state index in [-0.39, 0.29) is 6.10 Å². The van der Waals surface area contributed by atoms with Crippen LogP contribution in [0.4, 0.5) is 0 Å². The molecule has 6 rings (SSSR count). The van der Waals surface area contributed by atoms with Crippen molar-refractivity contribution >= 4 is 11.0 Å². The molecule has 178 valence electrons. The summed E-state index contributed by atoms with van der Waals surface area (Å²) >= 11 is 0. The minimum atomic E-state index is -0.189. The molecule has 1 atom stereocenters. The molecule has 2 fully saturated rings. The van der Waals surface area contributed by atoms with Crippen LogP contribution in [0.15, 0.2) is 49.1 Å². The number of rotatable bonds is 6. The molecule has 1 saturated carbocycles. The number of fused-ring (bicyclic) bond motifs is 1. The highest BCUT2D eigenvalue weighted by Crippen LogP contribution is 2.42. The predicted molar refractivity (Wildman–Crippen MR) is 133 cm³/mol. The molecule has 4 heterocycles. The van der Waals surface area contributed by atoms with Crippen molar-refractivity contribution < 1.29 is 4.74 Å². The highest BCUT2D eigenvalue weighted by molar-refractivity contribution is 5.88. The van der Waals surface area contributed by atoms with Crippen molar-refractivity contribution in [2.45, 2.75) is 57.7 Å². The molecule has 0 radical (unpaired) electrons. The lowest BCUT2D eigenvalue weighted by Crippen LogP contribution is -2.31. The molecular weight excluding hydrogens is 438 g/mol. The Bertz CT molecular complexity index is 1390. The van der Waals surface area contributed by atoms with Gasteiger partial charge in [-0.2, -0.15) is 10.4 Å². The van der Waals surface area contributed by atoms with Gasteiger partial charge < -0.3 is 14.2 Å². The van der Waals surface area contributed by atoms with Crippen molar-refractivity contribution in [3.05, 3.63) is 60.4 Å². The first-order valence-corrected chi connectivity index (χ1v) is 12.4. The number of likely N-dealkylation sites (tertiary alicyclic amines) is 1. The molecule has 1 saturated heterocycles. The lowest BCUT2D eigenvalue weighted by atomic mass is 10.0. The Kier molecular flexibility index (Phi) is 5.40. The summed E-state index contributed by atoms with van der Waals surface area (Å²) in [5, 5.41) is 13.9. The summed E-state index contributed by atoms with van der Waals surface area (Å²) in [5.41, 5.74) is 6.16. The van der Waals surface area contributed by atoms with E-state index in [1.807, 2.05) is 42.5 Å².